The van der Waals surface area contributed by atoms with Gasteiger partial charge in [-0.3, -0.25) is 0 Å². The normalized spacial score (nSPS) is 22.0. The zero-order valence-corrected chi connectivity index (χ0v) is 36.3. The van der Waals surface area contributed by atoms with Crippen molar-refractivity contribution in [3.8, 4) is 11.1 Å². The second-order valence-corrected chi connectivity index (χ2v) is 17.8. The third-order valence-electron chi connectivity index (χ3n) is 14.1. The summed E-state index contributed by atoms with van der Waals surface area (Å²) < 4.78 is 0. The minimum absolute atomic E-state index is 0.246. The molecule has 4 aliphatic rings. The van der Waals surface area contributed by atoms with Crippen LogP contribution in [0.15, 0.2) is 206 Å². The maximum atomic E-state index is 2.56. The van der Waals surface area contributed by atoms with E-state index >= 15 is 0 Å². The SMILES string of the molecule is CC[C@H]1/C=C(/c2ccccc2)N(C)C(c2ccc(C3=CCC(CC4Cc5cc6ccccc6cc5C5=C4CC=CC=C5)C=C3)cc2)CCC=C1c1ccc(-c2ccccc2)cc1. The Kier molecular flexibility index (Phi) is 11.4. The van der Waals surface area contributed by atoms with E-state index in [0.29, 0.717) is 17.8 Å². The predicted octanol–water partition coefficient (Wildman–Crippen LogP) is 15.9. The number of rotatable bonds is 8. The van der Waals surface area contributed by atoms with E-state index < -0.39 is 0 Å². The molecule has 1 heterocycles. The van der Waals surface area contributed by atoms with Gasteiger partial charge in [0.25, 0.3) is 0 Å². The van der Waals surface area contributed by atoms with Crippen molar-refractivity contribution in [2.45, 2.75) is 57.9 Å². The zero-order valence-electron chi connectivity index (χ0n) is 36.3. The Morgan fingerprint density at radius 2 is 1.32 bits per heavy atom. The number of allylic oxidation sites excluding steroid dienone is 13. The molecule has 306 valence electrons. The standard InChI is InChI=1S/C61H57N/c1-3-44-42-61(50-18-9-5-10-19-50)62(2)60(25-15-24-56(44)49-34-30-47(31-35-49)45-16-7-4-8-17-45)51-36-32-48(33-37-51)46-28-26-43(27-29-46)38-54-40-55-39-52-20-13-14-21-53(52)41-59(55)58-23-12-6-11-22-57(54)58/h4-14,16-21,23-24,26,28-37,39,41-44,54,60H,3,15,22,25,27,38,40H2,1-2H3/b56-24?,61-42-/t43?,44-,54?,60?/m0/s1. The van der Waals surface area contributed by atoms with Crippen LogP contribution < -0.4 is 0 Å². The van der Waals surface area contributed by atoms with Gasteiger partial charge in [-0.05, 0) is 135 Å². The summed E-state index contributed by atoms with van der Waals surface area (Å²) in [5, 5.41) is 2.68. The molecule has 6 aromatic rings. The van der Waals surface area contributed by atoms with Crippen molar-refractivity contribution in [2.75, 3.05) is 7.05 Å². The molecule has 10 rings (SSSR count). The first-order chi connectivity index (χ1) is 30.6. The Morgan fingerprint density at radius 3 is 2.05 bits per heavy atom. The number of hydrogen-bond donors (Lipinski definition) is 0. The first kappa shape index (κ1) is 39.7. The highest BCUT2D eigenvalue weighted by Gasteiger charge is 2.29. The molecule has 0 N–H and O–H groups in total. The minimum atomic E-state index is 0.246. The van der Waals surface area contributed by atoms with Gasteiger partial charge in [0.15, 0.2) is 0 Å². The molecule has 1 heteroatoms. The number of hydrogen-bond acceptors (Lipinski definition) is 1. The quantitative estimate of drug-likeness (QED) is 0.148. The van der Waals surface area contributed by atoms with Gasteiger partial charge < -0.3 is 4.90 Å². The summed E-state index contributed by atoms with van der Waals surface area (Å²) in [6, 6.07) is 54.5. The number of fused-ring (bicyclic) bond motifs is 3. The third-order valence-corrected chi connectivity index (χ3v) is 14.1. The maximum absolute atomic E-state index is 2.56. The van der Waals surface area contributed by atoms with Gasteiger partial charge >= 0.3 is 0 Å². The molecule has 3 unspecified atom stereocenters. The summed E-state index contributed by atoms with van der Waals surface area (Å²) in [6.07, 6.45) is 29.2. The molecule has 6 aromatic carbocycles. The highest BCUT2D eigenvalue weighted by Crippen LogP contribution is 2.44. The predicted molar refractivity (Wildman–Crippen MR) is 265 cm³/mol. The Morgan fingerprint density at radius 1 is 0.645 bits per heavy atom. The lowest BCUT2D eigenvalue weighted by Gasteiger charge is -2.33. The molecular weight excluding hydrogens is 747 g/mol. The van der Waals surface area contributed by atoms with Gasteiger partial charge in [0, 0.05) is 18.7 Å². The van der Waals surface area contributed by atoms with Crippen molar-refractivity contribution in [2.24, 2.45) is 17.8 Å². The fourth-order valence-corrected chi connectivity index (χ4v) is 10.7. The molecule has 1 aliphatic heterocycles. The van der Waals surface area contributed by atoms with Gasteiger partial charge in [0.1, 0.15) is 0 Å². The van der Waals surface area contributed by atoms with Crippen molar-refractivity contribution in [3.05, 3.63) is 239 Å². The highest BCUT2D eigenvalue weighted by atomic mass is 15.1. The minimum Gasteiger partial charge on any atom is -0.367 e. The van der Waals surface area contributed by atoms with E-state index in [0.717, 1.165) is 38.5 Å². The van der Waals surface area contributed by atoms with Crippen LogP contribution in [0.1, 0.15) is 84.9 Å². The Bertz CT molecular complexity index is 2770. The monoisotopic (exact) mass is 803 g/mol. The third kappa shape index (κ3) is 8.17. The Hall–Kier alpha value is -6.44. The van der Waals surface area contributed by atoms with Crippen LogP contribution in [0.2, 0.25) is 0 Å². The van der Waals surface area contributed by atoms with Gasteiger partial charge in [0.2, 0.25) is 0 Å². The highest BCUT2D eigenvalue weighted by molar-refractivity contribution is 5.91. The fraction of sp³-hybridized carbons (Fsp3) is 0.213. The second-order valence-electron chi connectivity index (χ2n) is 17.8. The summed E-state index contributed by atoms with van der Waals surface area (Å²) in [6.45, 7) is 2.33. The van der Waals surface area contributed by atoms with Crippen LogP contribution in [-0.4, -0.2) is 11.9 Å². The molecular formula is C61H57N. The maximum Gasteiger partial charge on any atom is 0.0542 e. The first-order valence-corrected chi connectivity index (χ1v) is 23.0. The number of nitrogens with zero attached hydrogens (tertiary/aromatic N) is 1. The second kappa shape index (κ2) is 17.9. The van der Waals surface area contributed by atoms with E-state index in [4.69, 9.17) is 0 Å². The van der Waals surface area contributed by atoms with Crippen molar-refractivity contribution < 1.29 is 0 Å². The molecule has 0 bridgehead atoms. The van der Waals surface area contributed by atoms with Gasteiger partial charge in [-0.15, -0.1) is 0 Å². The van der Waals surface area contributed by atoms with E-state index in [1.807, 2.05) is 0 Å². The summed E-state index contributed by atoms with van der Waals surface area (Å²) in [5.74, 6) is 1.39. The van der Waals surface area contributed by atoms with Crippen molar-refractivity contribution in [3.63, 3.8) is 0 Å². The molecule has 62 heavy (non-hydrogen) atoms. The summed E-state index contributed by atoms with van der Waals surface area (Å²) in [7, 11) is 2.31. The van der Waals surface area contributed by atoms with E-state index in [9.17, 15) is 0 Å². The molecule has 0 saturated heterocycles. The van der Waals surface area contributed by atoms with Crippen LogP contribution in [0.5, 0.6) is 0 Å². The van der Waals surface area contributed by atoms with Crippen molar-refractivity contribution in [1.29, 1.82) is 0 Å². The molecule has 1 nitrogen and oxygen atoms in total. The molecule has 0 saturated carbocycles. The van der Waals surface area contributed by atoms with E-state index in [-0.39, 0.29) is 6.04 Å². The zero-order chi connectivity index (χ0) is 41.8. The van der Waals surface area contributed by atoms with Gasteiger partial charge in [-0.1, -0.05) is 207 Å². The molecule has 0 spiro atoms. The molecule has 0 fully saturated rings. The number of benzene rings is 6. The lowest BCUT2D eigenvalue weighted by atomic mass is 9.72. The smallest absolute Gasteiger partial charge is 0.0542 e. The largest absolute Gasteiger partial charge is 0.367 e. The van der Waals surface area contributed by atoms with Crippen LogP contribution >= 0.6 is 0 Å². The molecule has 0 aromatic heterocycles. The topological polar surface area (TPSA) is 3.24 Å². The van der Waals surface area contributed by atoms with Crippen LogP contribution in [0.25, 0.3) is 44.3 Å². The summed E-state index contributed by atoms with van der Waals surface area (Å²) >= 11 is 0. The molecule has 4 atom stereocenters. The first-order valence-electron chi connectivity index (χ1n) is 23.0. The molecule has 0 amide bonds. The van der Waals surface area contributed by atoms with Gasteiger partial charge in [-0.2, -0.15) is 0 Å². The molecule has 0 radical (unpaired) electrons. The van der Waals surface area contributed by atoms with E-state index in [1.165, 1.54) is 84.1 Å². The van der Waals surface area contributed by atoms with Gasteiger partial charge in [-0.25, -0.2) is 0 Å². The van der Waals surface area contributed by atoms with E-state index in [1.54, 1.807) is 5.57 Å². The lowest BCUT2D eigenvalue weighted by Crippen LogP contribution is -2.24. The summed E-state index contributed by atoms with van der Waals surface area (Å²) in [4.78, 5) is 2.56. The summed E-state index contributed by atoms with van der Waals surface area (Å²) in [5.41, 5.74) is 17.9. The lowest BCUT2D eigenvalue weighted by molar-refractivity contribution is 0.337. The average Bonchev–Trinajstić information content (AvgIpc) is 3.56. The Labute approximate surface area is 369 Å². The van der Waals surface area contributed by atoms with Gasteiger partial charge in [0.05, 0.1) is 6.04 Å². The van der Waals surface area contributed by atoms with Crippen LogP contribution in [0, 0.1) is 17.8 Å². The van der Waals surface area contributed by atoms with Crippen LogP contribution in [-0.2, 0) is 6.42 Å². The average molecular weight is 804 g/mol. The fourth-order valence-electron chi connectivity index (χ4n) is 10.7. The van der Waals surface area contributed by atoms with Crippen LogP contribution in [0.3, 0.4) is 0 Å². The molecule has 3 aliphatic carbocycles. The van der Waals surface area contributed by atoms with Crippen molar-refractivity contribution >= 4 is 33.2 Å². The van der Waals surface area contributed by atoms with Crippen LogP contribution in [0.4, 0.5) is 0 Å². The van der Waals surface area contributed by atoms with E-state index in [2.05, 4.69) is 219 Å². The van der Waals surface area contributed by atoms with Crippen molar-refractivity contribution in [1.82, 2.24) is 4.90 Å². The Balaban J connectivity index is 0.875.